The fourth-order valence-electron chi connectivity index (χ4n) is 2.72. The van der Waals surface area contributed by atoms with Crippen LogP contribution in [0.4, 0.5) is 5.69 Å². The fraction of sp³-hybridized carbons (Fsp3) is 0.182. The van der Waals surface area contributed by atoms with Crippen molar-refractivity contribution < 1.29 is 4.79 Å². The van der Waals surface area contributed by atoms with Crippen molar-refractivity contribution in [3.05, 3.63) is 83.0 Å². The standard InChI is InChI=1S/C22H21ClN2O/c1-2-3-5-16-7-13-19(14-8-16)25-22(26)18-11-9-17(10-12-18)21-20(23)6-4-15-24-21/h4,6-15H,2-3,5H2,1H3,(H,25,26). The number of amides is 1. The summed E-state index contributed by atoms with van der Waals surface area (Å²) in [5, 5.41) is 3.52. The molecule has 1 aromatic heterocycles. The van der Waals surface area contributed by atoms with Crippen LogP contribution in [0.25, 0.3) is 11.3 Å². The molecule has 132 valence electrons. The van der Waals surface area contributed by atoms with Gasteiger partial charge in [-0.1, -0.05) is 49.2 Å². The van der Waals surface area contributed by atoms with Crippen LogP contribution in [-0.2, 0) is 6.42 Å². The molecule has 0 aliphatic heterocycles. The summed E-state index contributed by atoms with van der Waals surface area (Å²) < 4.78 is 0. The first-order valence-electron chi connectivity index (χ1n) is 8.78. The number of aromatic nitrogens is 1. The van der Waals surface area contributed by atoms with Gasteiger partial charge in [0.2, 0.25) is 0 Å². The van der Waals surface area contributed by atoms with Crippen LogP contribution in [0.3, 0.4) is 0 Å². The number of nitrogens with zero attached hydrogens (tertiary/aromatic N) is 1. The van der Waals surface area contributed by atoms with Crippen LogP contribution in [-0.4, -0.2) is 10.9 Å². The SMILES string of the molecule is CCCCc1ccc(NC(=O)c2ccc(-c3ncccc3Cl)cc2)cc1. The minimum atomic E-state index is -0.134. The number of rotatable bonds is 6. The van der Waals surface area contributed by atoms with E-state index in [1.54, 1.807) is 30.5 Å². The average molecular weight is 365 g/mol. The molecule has 1 heterocycles. The Morgan fingerprint density at radius 2 is 1.77 bits per heavy atom. The van der Waals surface area contributed by atoms with Gasteiger partial charge < -0.3 is 5.32 Å². The Hall–Kier alpha value is -2.65. The first kappa shape index (κ1) is 18.2. The van der Waals surface area contributed by atoms with Crippen LogP contribution in [0.1, 0.15) is 35.7 Å². The smallest absolute Gasteiger partial charge is 0.255 e. The second-order valence-corrected chi connectivity index (χ2v) is 6.57. The van der Waals surface area contributed by atoms with Gasteiger partial charge in [0.1, 0.15) is 0 Å². The van der Waals surface area contributed by atoms with Gasteiger partial charge in [0.15, 0.2) is 0 Å². The second-order valence-electron chi connectivity index (χ2n) is 6.17. The van der Waals surface area contributed by atoms with Crippen molar-refractivity contribution in [2.45, 2.75) is 26.2 Å². The highest BCUT2D eigenvalue weighted by Gasteiger charge is 2.09. The van der Waals surface area contributed by atoms with E-state index in [1.807, 2.05) is 24.3 Å². The summed E-state index contributed by atoms with van der Waals surface area (Å²) in [7, 11) is 0. The lowest BCUT2D eigenvalue weighted by Gasteiger charge is -2.08. The van der Waals surface area contributed by atoms with Gasteiger partial charge in [-0.25, -0.2) is 0 Å². The summed E-state index contributed by atoms with van der Waals surface area (Å²) in [6.45, 7) is 2.18. The molecule has 0 atom stereocenters. The zero-order valence-electron chi connectivity index (χ0n) is 14.7. The number of nitrogens with one attached hydrogen (secondary N) is 1. The molecular formula is C22H21ClN2O. The molecule has 4 heteroatoms. The Kier molecular flexibility index (Phi) is 6.03. The number of carbonyl (C=O) groups is 1. The summed E-state index contributed by atoms with van der Waals surface area (Å²) >= 11 is 6.17. The molecule has 3 nitrogen and oxygen atoms in total. The number of halogens is 1. The van der Waals surface area contributed by atoms with Crippen LogP contribution < -0.4 is 5.32 Å². The van der Waals surface area contributed by atoms with E-state index in [0.717, 1.165) is 17.7 Å². The Bertz CT molecular complexity index is 873. The highest BCUT2D eigenvalue weighted by molar-refractivity contribution is 6.33. The van der Waals surface area contributed by atoms with E-state index in [1.165, 1.54) is 18.4 Å². The number of unbranched alkanes of at least 4 members (excludes halogenated alkanes) is 1. The number of benzene rings is 2. The maximum Gasteiger partial charge on any atom is 0.255 e. The zero-order chi connectivity index (χ0) is 18.4. The lowest BCUT2D eigenvalue weighted by atomic mass is 10.1. The Morgan fingerprint density at radius 1 is 1.04 bits per heavy atom. The summed E-state index contributed by atoms with van der Waals surface area (Å²) in [5.41, 5.74) is 4.28. The molecule has 0 spiro atoms. The zero-order valence-corrected chi connectivity index (χ0v) is 15.5. The highest BCUT2D eigenvalue weighted by atomic mass is 35.5. The van der Waals surface area contributed by atoms with E-state index in [2.05, 4.69) is 29.4 Å². The molecule has 0 aliphatic carbocycles. The van der Waals surface area contributed by atoms with E-state index in [0.29, 0.717) is 16.3 Å². The predicted octanol–water partition coefficient (Wildman–Crippen LogP) is 6.00. The first-order chi connectivity index (χ1) is 12.7. The van der Waals surface area contributed by atoms with E-state index in [9.17, 15) is 4.79 Å². The number of anilines is 1. The molecule has 0 aliphatic rings. The largest absolute Gasteiger partial charge is 0.322 e. The summed E-state index contributed by atoms with van der Waals surface area (Å²) in [4.78, 5) is 16.7. The minimum Gasteiger partial charge on any atom is -0.322 e. The highest BCUT2D eigenvalue weighted by Crippen LogP contribution is 2.25. The molecular weight excluding hydrogens is 344 g/mol. The summed E-state index contributed by atoms with van der Waals surface area (Å²) in [5.74, 6) is -0.134. The van der Waals surface area contributed by atoms with Gasteiger partial charge in [-0.05, 0) is 54.8 Å². The molecule has 0 unspecified atom stereocenters. The van der Waals surface area contributed by atoms with Gasteiger partial charge in [0.25, 0.3) is 5.91 Å². The number of hydrogen-bond acceptors (Lipinski definition) is 2. The molecule has 0 bridgehead atoms. The van der Waals surface area contributed by atoms with Gasteiger partial charge in [-0.15, -0.1) is 0 Å². The molecule has 0 fully saturated rings. The van der Waals surface area contributed by atoms with Gasteiger partial charge >= 0.3 is 0 Å². The van der Waals surface area contributed by atoms with Gasteiger partial charge in [-0.3, -0.25) is 9.78 Å². The molecule has 0 radical (unpaired) electrons. The molecule has 3 rings (SSSR count). The predicted molar refractivity (Wildman–Crippen MR) is 108 cm³/mol. The molecule has 26 heavy (non-hydrogen) atoms. The fourth-order valence-corrected chi connectivity index (χ4v) is 2.95. The van der Waals surface area contributed by atoms with Crippen molar-refractivity contribution in [3.63, 3.8) is 0 Å². The lowest BCUT2D eigenvalue weighted by Crippen LogP contribution is -2.11. The van der Waals surface area contributed by atoms with Crippen molar-refractivity contribution in [1.29, 1.82) is 0 Å². The quantitative estimate of drug-likeness (QED) is 0.583. The van der Waals surface area contributed by atoms with Gasteiger partial charge in [-0.2, -0.15) is 0 Å². The third kappa shape index (κ3) is 4.50. The van der Waals surface area contributed by atoms with E-state index >= 15 is 0 Å². The van der Waals surface area contributed by atoms with Crippen LogP contribution in [0.15, 0.2) is 66.9 Å². The van der Waals surface area contributed by atoms with E-state index in [-0.39, 0.29) is 5.91 Å². The van der Waals surface area contributed by atoms with Gasteiger partial charge in [0, 0.05) is 23.0 Å². The molecule has 1 amide bonds. The van der Waals surface area contributed by atoms with Crippen molar-refractivity contribution in [2.75, 3.05) is 5.32 Å². The van der Waals surface area contributed by atoms with Crippen LogP contribution in [0.5, 0.6) is 0 Å². The molecule has 3 aromatic rings. The molecule has 1 N–H and O–H groups in total. The minimum absolute atomic E-state index is 0.134. The normalized spacial score (nSPS) is 10.5. The molecule has 2 aromatic carbocycles. The Morgan fingerprint density at radius 3 is 2.42 bits per heavy atom. The second kappa shape index (κ2) is 8.63. The Labute approximate surface area is 159 Å². The Balaban J connectivity index is 1.67. The van der Waals surface area contributed by atoms with Gasteiger partial charge in [0.05, 0.1) is 10.7 Å². The third-order valence-electron chi connectivity index (χ3n) is 4.21. The average Bonchev–Trinajstić information content (AvgIpc) is 2.68. The lowest BCUT2D eigenvalue weighted by molar-refractivity contribution is 0.102. The van der Waals surface area contributed by atoms with E-state index < -0.39 is 0 Å². The molecule has 0 saturated heterocycles. The summed E-state index contributed by atoms with van der Waals surface area (Å²) in [6.07, 6.45) is 5.13. The maximum atomic E-state index is 12.4. The number of carbonyl (C=O) groups excluding carboxylic acids is 1. The van der Waals surface area contributed by atoms with Crippen molar-refractivity contribution in [2.24, 2.45) is 0 Å². The van der Waals surface area contributed by atoms with Crippen molar-refractivity contribution in [3.8, 4) is 11.3 Å². The third-order valence-corrected chi connectivity index (χ3v) is 4.51. The number of hydrogen-bond donors (Lipinski definition) is 1. The topological polar surface area (TPSA) is 42.0 Å². The first-order valence-corrected chi connectivity index (χ1v) is 9.16. The number of aryl methyl sites for hydroxylation is 1. The maximum absolute atomic E-state index is 12.4. The monoisotopic (exact) mass is 364 g/mol. The van der Waals surface area contributed by atoms with Crippen LogP contribution >= 0.6 is 11.6 Å². The van der Waals surface area contributed by atoms with Crippen LogP contribution in [0, 0.1) is 0 Å². The van der Waals surface area contributed by atoms with E-state index in [4.69, 9.17) is 11.6 Å². The van der Waals surface area contributed by atoms with Crippen LogP contribution in [0.2, 0.25) is 5.02 Å². The van der Waals surface area contributed by atoms with Crippen molar-refractivity contribution in [1.82, 2.24) is 4.98 Å². The van der Waals surface area contributed by atoms with Crippen molar-refractivity contribution >= 4 is 23.2 Å². The number of pyridine rings is 1. The summed E-state index contributed by atoms with van der Waals surface area (Å²) in [6, 6.07) is 18.9. The molecule has 0 saturated carbocycles.